The summed E-state index contributed by atoms with van der Waals surface area (Å²) >= 11 is 0. The minimum atomic E-state index is -3.42. The number of fused-ring (bicyclic) bond motifs is 1. The molecule has 33 heavy (non-hydrogen) atoms. The summed E-state index contributed by atoms with van der Waals surface area (Å²) in [5, 5.41) is 10.1. The van der Waals surface area contributed by atoms with Crippen molar-refractivity contribution in [3.8, 4) is 11.8 Å². The second kappa shape index (κ2) is 10.4. The van der Waals surface area contributed by atoms with E-state index in [1.54, 1.807) is 4.31 Å². The summed E-state index contributed by atoms with van der Waals surface area (Å²) in [5.74, 6) is 6.84. The van der Waals surface area contributed by atoms with Gasteiger partial charge in [0, 0.05) is 42.6 Å². The normalized spacial score (nSPS) is 24.2. The van der Waals surface area contributed by atoms with Crippen LogP contribution in [0.5, 0.6) is 0 Å². The number of hydrogen-bond acceptors (Lipinski definition) is 4. The molecule has 2 aromatic carbocycles. The smallest absolute Gasteiger partial charge is 0.218 e. The van der Waals surface area contributed by atoms with Gasteiger partial charge < -0.3 is 5.11 Å². The third kappa shape index (κ3) is 5.50. The van der Waals surface area contributed by atoms with Crippen LogP contribution in [-0.2, 0) is 15.8 Å². The van der Waals surface area contributed by atoms with E-state index in [4.69, 9.17) is 0 Å². The maximum atomic E-state index is 13.3. The average molecular weight is 467 g/mol. The molecule has 1 N–H and O–H groups in total. The highest BCUT2D eigenvalue weighted by molar-refractivity contribution is 7.88. The van der Waals surface area contributed by atoms with Crippen LogP contribution in [0.15, 0.2) is 54.6 Å². The second-order valence-corrected chi connectivity index (χ2v) is 11.4. The first-order chi connectivity index (χ1) is 15.9. The predicted octanol–water partition coefficient (Wildman–Crippen LogP) is 3.45. The van der Waals surface area contributed by atoms with Gasteiger partial charge in [-0.3, -0.25) is 4.90 Å². The summed E-state index contributed by atoms with van der Waals surface area (Å²) in [5.41, 5.74) is 2.94. The van der Waals surface area contributed by atoms with Crippen LogP contribution in [-0.4, -0.2) is 61.1 Å². The number of rotatable bonds is 5. The minimum Gasteiger partial charge on any atom is -0.395 e. The Hall–Kier alpha value is -2.17. The summed E-state index contributed by atoms with van der Waals surface area (Å²) in [6, 6.07) is 17.7. The topological polar surface area (TPSA) is 60.9 Å². The van der Waals surface area contributed by atoms with E-state index >= 15 is 0 Å². The quantitative estimate of drug-likeness (QED) is 0.686. The van der Waals surface area contributed by atoms with Crippen molar-refractivity contribution in [2.45, 2.75) is 50.4 Å². The lowest BCUT2D eigenvalue weighted by molar-refractivity contribution is -0.0554. The summed E-state index contributed by atoms with van der Waals surface area (Å²) in [7, 11) is -3.42. The molecule has 0 unspecified atom stereocenters. The molecular formula is C27H34N2O3S. The molecular weight excluding hydrogens is 432 g/mol. The van der Waals surface area contributed by atoms with Gasteiger partial charge in [-0.1, -0.05) is 68.2 Å². The largest absolute Gasteiger partial charge is 0.395 e. The van der Waals surface area contributed by atoms with Crippen LogP contribution >= 0.6 is 0 Å². The van der Waals surface area contributed by atoms with E-state index in [0.717, 1.165) is 36.1 Å². The SMILES string of the molecule is CC(C)C#Cc1ccc([C@@H]2[C@@H](CO)N3CCCCN(S(=O)(=O)Cc4ccccc4)C[C@@H]23)cc1. The Morgan fingerprint density at radius 1 is 1.03 bits per heavy atom. The monoisotopic (exact) mass is 466 g/mol. The molecule has 0 aromatic heterocycles. The van der Waals surface area contributed by atoms with Crippen molar-refractivity contribution in [2.24, 2.45) is 5.92 Å². The zero-order valence-electron chi connectivity index (χ0n) is 19.5. The lowest BCUT2D eigenvalue weighted by Gasteiger charge is -2.57. The van der Waals surface area contributed by atoms with Crippen LogP contribution in [0, 0.1) is 17.8 Å². The van der Waals surface area contributed by atoms with Gasteiger partial charge in [0.05, 0.1) is 12.4 Å². The van der Waals surface area contributed by atoms with E-state index in [1.165, 1.54) is 0 Å². The van der Waals surface area contributed by atoms with Crippen molar-refractivity contribution >= 4 is 10.0 Å². The molecule has 0 spiro atoms. The van der Waals surface area contributed by atoms with E-state index < -0.39 is 10.0 Å². The molecule has 2 aromatic rings. The van der Waals surface area contributed by atoms with Gasteiger partial charge in [-0.2, -0.15) is 0 Å². The number of aliphatic hydroxyl groups excluding tert-OH is 1. The zero-order chi connectivity index (χ0) is 23.4. The summed E-state index contributed by atoms with van der Waals surface area (Å²) in [6.45, 7) is 6.14. The van der Waals surface area contributed by atoms with E-state index in [9.17, 15) is 13.5 Å². The highest BCUT2D eigenvalue weighted by Crippen LogP contribution is 2.42. The molecule has 2 heterocycles. The predicted molar refractivity (Wildman–Crippen MR) is 132 cm³/mol. The Morgan fingerprint density at radius 2 is 1.73 bits per heavy atom. The summed E-state index contributed by atoms with van der Waals surface area (Å²) < 4.78 is 28.3. The highest BCUT2D eigenvalue weighted by atomic mass is 32.2. The molecule has 4 rings (SSSR count). The molecule has 0 saturated carbocycles. The van der Waals surface area contributed by atoms with E-state index in [0.29, 0.717) is 19.0 Å². The number of benzene rings is 2. The first-order valence-electron chi connectivity index (χ1n) is 11.9. The lowest BCUT2D eigenvalue weighted by atomic mass is 9.74. The van der Waals surface area contributed by atoms with Crippen molar-refractivity contribution in [3.05, 3.63) is 71.3 Å². The van der Waals surface area contributed by atoms with Crippen molar-refractivity contribution in [1.29, 1.82) is 0 Å². The molecule has 0 aliphatic carbocycles. The lowest BCUT2D eigenvalue weighted by Crippen LogP contribution is -2.67. The minimum absolute atomic E-state index is 0.0257. The van der Waals surface area contributed by atoms with Gasteiger partial charge in [-0.25, -0.2) is 12.7 Å². The Balaban J connectivity index is 1.55. The Labute approximate surface area is 198 Å². The summed E-state index contributed by atoms with van der Waals surface area (Å²) in [4.78, 5) is 2.31. The van der Waals surface area contributed by atoms with Crippen LogP contribution in [0.4, 0.5) is 0 Å². The first-order valence-corrected chi connectivity index (χ1v) is 13.5. The van der Waals surface area contributed by atoms with Gasteiger partial charge in [0.1, 0.15) is 0 Å². The molecule has 2 aliphatic rings. The summed E-state index contributed by atoms with van der Waals surface area (Å²) in [6.07, 6.45) is 1.77. The van der Waals surface area contributed by atoms with Gasteiger partial charge >= 0.3 is 0 Å². The van der Waals surface area contributed by atoms with Crippen LogP contribution < -0.4 is 0 Å². The fourth-order valence-corrected chi connectivity index (χ4v) is 6.64. The van der Waals surface area contributed by atoms with Crippen molar-refractivity contribution in [2.75, 3.05) is 26.2 Å². The fraction of sp³-hybridized carbons (Fsp3) is 0.481. The number of nitrogens with zero attached hydrogens (tertiary/aromatic N) is 2. The first kappa shape index (κ1) is 24.0. The molecule has 3 atom stereocenters. The number of hydrogen-bond donors (Lipinski definition) is 1. The van der Waals surface area contributed by atoms with Gasteiger partial charge in [-0.15, -0.1) is 0 Å². The van der Waals surface area contributed by atoms with Gasteiger partial charge in [0.2, 0.25) is 10.0 Å². The second-order valence-electron chi connectivity index (χ2n) is 9.43. The molecule has 2 fully saturated rings. The van der Waals surface area contributed by atoms with E-state index in [-0.39, 0.29) is 30.4 Å². The third-order valence-electron chi connectivity index (χ3n) is 6.72. The van der Waals surface area contributed by atoms with E-state index in [1.807, 2.05) is 42.5 Å². The number of sulfonamides is 1. The number of aliphatic hydroxyl groups is 1. The van der Waals surface area contributed by atoms with Crippen molar-refractivity contribution < 1.29 is 13.5 Å². The Morgan fingerprint density at radius 3 is 2.39 bits per heavy atom. The van der Waals surface area contributed by atoms with Gasteiger partial charge in [0.25, 0.3) is 0 Å². The standard InChI is InChI=1S/C27H34N2O3S/c1-21(2)10-11-22-12-14-24(15-13-22)27-25-18-28(16-6-7-17-29(25)26(27)19-30)33(31,32)20-23-8-4-3-5-9-23/h3-5,8-9,12-15,21,25-27,30H,6-7,16-20H2,1-2H3/t25-,26+,27-/m0/s1. The third-order valence-corrected chi connectivity index (χ3v) is 8.54. The molecule has 0 amide bonds. The van der Waals surface area contributed by atoms with Crippen molar-refractivity contribution in [3.63, 3.8) is 0 Å². The van der Waals surface area contributed by atoms with Crippen LogP contribution in [0.2, 0.25) is 0 Å². The molecule has 6 heteroatoms. The fourth-order valence-electron chi connectivity index (χ4n) is 5.05. The molecule has 0 radical (unpaired) electrons. The molecule has 176 valence electrons. The van der Waals surface area contributed by atoms with E-state index in [2.05, 4.69) is 42.7 Å². The molecule has 2 aliphatic heterocycles. The van der Waals surface area contributed by atoms with Crippen LogP contribution in [0.25, 0.3) is 0 Å². The zero-order valence-corrected chi connectivity index (χ0v) is 20.3. The highest BCUT2D eigenvalue weighted by Gasteiger charge is 2.50. The maximum Gasteiger partial charge on any atom is 0.218 e. The van der Waals surface area contributed by atoms with Crippen LogP contribution in [0.3, 0.4) is 0 Å². The van der Waals surface area contributed by atoms with Gasteiger partial charge in [0.15, 0.2) is 0 Å². The molecule has 5 nitrogen and oxygen atoms in total. The Bertz CT molecular complexity index is 1090. The van der Waals surface area contributed by atoms with Crippen LogP contribution in [0.1, 0.15) is 49.3 Å². The van der Waals surface area contributed by atoms with Gasteiger partial charge in [-0.05, 0) is 42.6 Å². The molecule has 0 bridgehead atoms. The Kier molecular flexibility index (Phi) is 7.55. The average Bonchev–Trinajstić information content (AvgIpc) is 2.77. The van der Waals surface area contributed by atoms with Crippen molar-refractivity contribution in [1.82, 2.24) is 9.21 Å². The molecule has 2 saturated heterocycles. The maximum absolute atomic E-state index is 13.3.